The first-order valence-electron chi connectivity index (χ1n) is 6.56. The zero-order chi connectivity index (χ0) is 13.1. The van der Waals surface area contributed by atoms with Crippen molar-refractivity contribution in [2.75, 3.05) is 0 Å². The van der Waals surface area contributed by atoms with E-state index in [0.29, 0.717) is 0 Å². The molecule has 1 aromatic heterocycles. The van der Waals surface area contributed by atoms with Gasteiger partial charge in [-0.2, -0.15) is 5.10 Å². The monoisotopic (exact) mass is 248 g/mol. The average Bonchev–Trinajstić information content (AvgIpc) is 2.98. The van der Waals surface area contributed by atoms with E-state index in [1.807, 2.05) is 29.1 Å². The maximum Gasteiger partial charge on any atom is 0.0645 e. The van der Waals surface area contributed by atoms with Gasteiger partial charge in [0.25, 0.3) is 0 Å². The molecule has 0 saturated carbocycles. The van der Waals surface area contributed by atoms with Crippen LogP contribution in [0.25, 0.3) is 16.8 Å². The molecule has 19 heavy (non-hydrogen) atoms. The first-order valence-corrected chi connectivity index (χ1v) is 6.56. The molecule has 0 aliphatic carbocycles. The van der Waals surface area contributed by atoms with Gasteiger partial charge in [0.2, 0.25) is 0 Å². The van der Waals surface area contributed by atoms with Crippen molar-refractivity contribution < 1.29 is 0 Å². The van der Waals surface area contributed by atoms with Crippen LogP contribution in [0, 0.1) is 0 Å². The van der Waals surface area contributed by atoms with Gasteiger partial charge in [-0.05, 0) is 29.7 Å². The van der Waals surface area contributed by atoms with Crippen molar-refractivity contribution >= 4 is 0 Å². The fourth-order valence-electron chi connectivity index (χ4n) is 2.13. The fourth-order valence-corrected chi connectivity index (χ4v) is 2.13. The number of aryl methyl sites for hydroxylation is 1. The van der Waals surface area contributed by atoms with E-state index < -0.39 is 0 Å². The van der Waals surface area contributed by atoms with Crippen molar-refractivity contribution in [3.05, 3.63) is 72.6 Å². The molecule has 3 rings (SSSR count). The second-order valence-corrected chi connectivity index (χ2v) is 4.56. The Bertz CT molecular complexity index is 651. The number of hydrogen-bond donors (Lipinski definition) is 0. The third kappa shape index (κ3) is 2.43. The van der Waals surface area contributed by atoms with Gasteiger partial charge in [-0.1, -0.05) is 49.4 Å². The van der Waals surface area contributed by atoms with E-state index in [2.05, 4.69) is 54.6 Å². The molecule has 0 amide bonds. The zero-order valence-corrected chi connectivity index (χ0v) is 11.0. The molecule has 0 radical (unpaired) electrons. The van der Waals surface area contributed by atoms with Crippen molar-refractivity contribution in [2.45, 2.75) is 13.3 Å². The van der Waals surface area contributed by atoms with Gasteiger partial charge in [-0.15, -0.1) is 0 Å². The molecule has 2 aromatic carbocycles. The van der Waals surface area contributed by atoms with Crippen molar-refractivity contribution in [3.63, 3.8) is 0 Å². The summed E-state index contributed by atoms with van der Waals surface area (Å²) in [6, 6.07) is 18.8. The van der Waals surface area contributed by atoms with Crippen LogP contribution < -0.4 is 0 Å². The van der Waals surface area contributed by atoms with Gasteiger partial charge in [0.05, 0.1) is 11.9 Å². The summed E-state index contributed by atoms with van der Waals surface area (Å²) in [4.78, 5) is 0. The smallest absolute Gasteiger partial charge is 0.0645 e. The maximum atomic E-state index is 4.42. The van der Waals surface area contributed by atoms with Gasteiger partial charge >= 0.3 is 0 Å². The Balaban J connectivity index is 1.92. The lowest BCUT2D eigenvalue weighted by Gasteiger charge is -2.00. The lowest BCUT2D eigenvalue weighted by atomic mass is 10.1. The Morgan fingerprint density at radius 2 is 1.63 bits per heavy atom. The molecule has 0 aliphatic heterocycles. The van der Waals surface area contributed by atoms with E-state index in [9.17, 15) is 0 Å². The standard InChI is InChI=1S/C17H16N2/c1-2-14-8-10-15(11-9-14)16-12-18-19(13-16)17-6-4-3-5-7-17/h3-13H,2H2,1H3. The number of aromatic nitrogens is 2. The second-order valence-electron chi connectivity index (χ2n) is 4.56. The van der Waals surface area contributed by atoms with Crippen LogP contribution in [0.5, 0.6) is 0 Å². The molecule has 0 spiro atoms. The molecule has 0 saturated heterocycles. The van der Waals surface area contributed by atoms with Gasteiger partial charge in [-0.25, -0.2) is 4.68 Å². The average molecular weight is 248 g/mol. The molecule has 3 aromatic rings. The van der Waals surface area contributed by atoms with Crippen molar-refractivity contribution in [2.24, 2.45) is 0 Å². The van der Waals surface area contributed by atoms with E-state index in [4.69, 9.17) is 0 Å². The van der Waals surface area contributed by atoms with Crippen LogP contribution in [0.4, 0.5) is 0 Å². The Hall–Kier alpha value is -2.35. The molecule has 2 nitrogen and oxygen atoms in total. The van der Waals surface area contributed by atoms with E-state index in [0.717, 1.165) is 17.7 Å². The first-order chi connectivity index (χ1) is 9.36. The predicted molar refractivity (Wildman–Crippen MR) is 78.4 cm³/mol. The summed E-state index contributed by atoms with van der Waals surface area (Å²) in [5.41, 5.74) is 4.80. The van der Waals surface area contributed by atoms with Crippen molar-refractivity contribution in [3.8, 4) is 16.8 Å². The van der Waals surface area contributed by atoms with Gasteiger partial charge < -0.3 is 0 Å². The highest BCUT2D eigenvalue weighted by atomic mass is 15.3. The summed E-state index contributed by atoms with van der Waals surface area (Å²) in [6.07, 6.45) is 5.05. The minimum Gasteiger partial charge on any atom is -0.240 e. The normalized spacial score (nSPS) is 10.6. The Morgan fingerprint density at radius 3 is 2.32 bits per heavy atom. The van der Waals surface area contributed by atoms with Crippen LogP contribution in [0.15, 0.2) is 67.0 Å². The molecule has 94 valence electrons. The minimum atomic E-state index is 1.07. The van der Waals surface area contributed by atoms with Crippen LogP contribution in [-0.2, 0) is 6.42 Å². The molecular formula is C17H16N2. The largest absolute Gasteiger partial charge is 0.240 e. The number of benzene rings is 2. The van der Waals surface area contributed by atoms with E-state index >= 15 is 0 Å². The summed E-state index contributed by atoms with van der Waals surface area (Å²) in [7, 11) is 0. The summed E-state index contributed by atoms with van der Waals surface area (Å²) in [5.74, 6) is 0. The van der Waals surface area contributed by atoms with E-state index in [-0.39, 0.29) is 0 Å². The maximum absolute atomic E-state index is 4.42. The second kappa shape index (κ2) is 5.11. The predicted octanol–water partition coefficient (Wildman–Crippen LogP) is 4.10. The molecule has 2 heteroatoms. The zero-order valence-electron chi connectivity index (χ0n) is 11.0. The molecule has 0 atom stereocenters. The number of nitrogens with zero attached hydrogens (tertiary/aromatic N) is 2. The van der Waals surface area contributed by atoms with Crippen LogP contribution in [-0.4, -0.2) is 9.78 Å². The number of rotatable bonds is 3. The number of para-hydroxylation sites is 1. The molecule has 1 heterocycles. The van der Waals surface area contributed by atoms with Crippen molar-refractivity contribution in [1.29, 1.82) is 0 Å². The molecule has 0 unspecified atom stereocenters. The fraction of sp³-hybridized carbons (Fsp3) is 0.118. The Kier molecular flexibility index (Phi) is 3.15. The summed E-state index contributed by atoms with van der Waals surface area (Å²) < 4.78 is 1.91. The Morgan fingerprint density at radius 1 is 0.895 bits per heavy atom. The molecule has 0 bridgehead atoms. The highest BCUT2D eigenvalue weighted by molar-refractivity contribution is 5.62. The minimum absolute atomic E-state index is 1.07. The third-order valence-corrected chi connectivity index (χ3v) is 3.30. The first kappa shape index (κ1) is 11.7. The Labute approximate surface area is 113 Å². The molecular weight excluding hydrogens is 232 g/mol. The van der Waals surface area contributed by atoms with Crippen LogP contribution in [0.3, 0.4) is 0 Å². The SMILES string of the molecule is CCc1ccc(-c2cnn(-c3ccccc3)c2)cc1. The van der Waals surface area contributed by atoms with E-state index in [1.165, 1.54) is 11.1 Å². The lowest BCUT2D eigenvalue weighted by molar-refractivity contribution is 0.881. The molecule has 0 aliphatic rings. The van der Waals surface area contributed by atoms with Crippen LogP contribution in [0.1, 0.15) is 12.5 Å². The third-order valence-electron chi connectivity index (χ3n) is 3.30. The summed E-state index contributed by atoms with van der Waals surface area (Å²) in [5, 5.41) is 4.42. The lowest BCUT2D eigenvalue weighted by Crippen LogP contribution is -1.92. The highest BCUT2D eigenvalue weighted by Crippen LogP contribution is 2.20. The summed E-state index contributed by atoms with van der Waals surface area (Å²) >= 11 is 0. The highest BCUT2D eigenvalue weighted by Gasteiger charge is 2.03. The van der Waals surface area contributed by atoms with Gasteiger partial charge in [0.15, 0.2) is 0 Å². The summed E-state index contributed by atoms with van der Waals surface area (Å²) in [6.45, 7) is 2.17. The van der Waals surface area contributed by atoms with Crippen LogP contribution in [0.2, 0.25) is 0 Å². The van der Waals surface area contributed by atoms with Gasteiger partial charge in [0.1, 0.15) is 0 Å². The quantitative estimate of drug-likeness (QED) is 0.682. The van der Waals surface area contributed by atoms with Crippen LogP contribution >= 0.6 is 0 Å². The topological polar surface area (TPSA) is 17.8 Å². The van der Waals surface area contributed by atoms with Gasteiger partial charge in [-0.3, -0.25) is 0 Å². The molecule has 0 fully saturated rings. The molecule has 0 N–H and O–H groups in total. The van der Waals surface area contributed by atoms with Gasteiger partial charge in [0, 0.05) is 11.8 Å². The van der Waals surface area contributed by atoms with E-state index in [1.54, 1.807) is 0 Å². The number of hydrogen-bond acceptors (Lipinski definition) is 1. The van der Waals surface area contributed by atoms with Crippen molar-refractivity contribution in [1.82, 2.24) is 9.78 Å².